The maximum atomic E-state index is 4.42. The van der Waals surface area contributed by atoms with Gasteiger partial charge in [-0.15, -0.1) is 0 Å². The Kier molecular flexibility index (Phi) is 3.57. The number of nitrogens with zero attached hydrogens (tertiary/aromatic N) is 3. The quantitative estimate of drug-likeness (QED) is 0.932. The van der Waals surface area contributed by atoms with Crippen LogP contribution in [-0.4, -0.2) is 33.2 Å². The fourth-order valence-electron chi connectivity index (χ4n) is 3.22. The molecule has 0 saturated carbocycles. The third-order valence-corrected chi connectivity index (χ3v) is 4.25. The Morgan fingerprint density at radius 2 is 2.10 bits per heavy atom. The molecule has 2 heterocycles. The number of aryl methyl sites for hydroxylation is 1. The minimum Gasteiger partial charge on any atom is -0.295 e. The van der Waals surface area contributed by atoms with Gasteiger partial charge in [-0.1, -0.05) is 37.3 Å². The summed E-state index contributed by atoms with van der Waals surface area (Å²) < 4.78 is 0. The lowest BCUT2D eigenvalue weighted by atomic mass is 9.76. The number of benzene rings is 1. The van der Waals surface area contributed by atoms with Gasteiger partial charge in [0.2, 0.25) is 0 Å². The molecule has 4 nitrogen and oxygen atoms in total. The van der Waals surface area contributed by atoms with E-state index in [2.05, 4.69) is 57.3 Å². The molecule has 0 radical (unpaired) electrons. The highest BCUT2D eigenvalue weighted by atomic mass is 15.2. The number of likely N-dealkylation sites (tertiary alicyclic amines) is 1. The normalized spacial score (nSPS) is 23.9. The molecule has 1 aliphatic rings. The Balaban J connectivity index is 1.73. The van der Waals surface area contributed by atoms with Crippen molar-refractivity contribution in [3.63, 3.8) is 0 Å². The summed E-state index contributed by atoms with van der Waals surface area (Å²) >= 11 is 0. The zero-order valence-corrected chi connectivity index (χ0v) is 12.3. The zero-order chi connectivity index (χ0) is 14.0. The van der Waals surface area contributed by atoms with Crippen molar-refractivity contribution in [2.75, 3.05) is 13.1 Å². The lowest BCUT2D eigenvalue weighted by molar-refractivity contribution is 0.147. The van der Waals surface area contributed by atoms with Crippen molar-refractivity contribution in [2.45, 2.75) is 38.6 Å². The van der Waals surface area contributed by atoms with Crippen molar-refractivity contribution in [3.05, 3.63) is 47.5 Å². The Morgan fingerprint density at radius 3 is 2.80 bits per heavy atom. The number of rotatable bonds is 3. The Hall–Kier alpha value is -1.68. The molecule has 0 unspecified atom stereocenters. The van der Waals surface area contributed by atoms with Crippen molar-refractivity contribution >= 4 is 0 Å². The summed E-state index contributed by atoms with van der Waals surface area (Å²) in [6.45, 7) is 7.37. The predicted octanol–water partition coefficient (Wildman–Crippen LogP) is 2.67. The van der Waals surface area contributed by atoms with E-state index < -0.39 is 0 Å². The number of hydrogen-bond acceptors (Lipinski definition) is 3. The smallest absolute Gasteiger partial charge is 0.164 e. The van der Waals surface area contributed by atoms with Crippen molar-refractivity contribution in [2.24, 2.45) is 0 Å². The molecule has 1 aromatic heterocycles. The molecular formula is C16H22N4. The van der Waals surface area contributed by atoms with Crippen molar-refractivity contribution in [3.8, 4) is 0 Å². The molecule has 1 N–H and O–H groups in total. The monoisotopic (exact) mass is 270 g/mol. The van der Waals surface area contributed by atoms with Gasteiger partial charge in [0.1, 0.15) is 5.82 Å². The minimum absolute atomic E-state index is 0.241. The van der Waals surface area contributed by atoms with Crippen LogP contribution in [0.2, 0.25) is 0 Å². The molecule has 1 fully saturated rings. The molecule has 1 saturated heterocycles. The van der Waals surface area contributed by atoms with Crippen LogP contribution in [0.25, 0.3) is 0 Å². The largest absolute Gasteiger partial charge is 0.295 e. The molecule has 0 aliphatic carbocycles. The molecule has 106 valence electrons. The summed E-state index contributed by atoms with van der Waals surface area (Å²) in [5.74, 6) is 1.79. The van der Waals surface area contributed by atoms with Gasteiger partial charge < -0.3 is 0 Å². The van der Waals surface area contributed by atoms with E-state index in [4.69, 9.17) is 0 Å². The van der Waals surface area contributed by atoms with E-state index in [1.54, 1.807) is 0 Å². The van der Waals surface area contributed by atoms with Crippen LogP contribution in [0.1, 0.15) is 37.0 Å². The van der Waals surface area contributed by atoms with Crippen molar-refractivity contribution in [1.82, 2.24) is 20.1 Å². The minimum atomic E-state index is 0.241. The van der Waals surface area contributed by atoms with E-state index >= 15 is 0 Å². The highest BCUT2D eigenvalue weighted by Crippen LogP contribution is 2.33. The second kappa shape index (κ2) is 5.37. The zero-order valence-electron chi connectivity index (χ0n) is 12.3. The molecule has 20 heavy (non-hydrogen) atoms. The molecule has 0 spiro atoms. The number of H-pyrrole nitrogens is 1. The fourth-order valence-corrected chi connectivity index (χ4v) is 3.22. The average Bonchev–Trinajstić information content (AvgIpc) is 2.85. The SMILES string of the molecule is Cc1nc(CN2CCC[C@@](C)(c3ccccc3)C2)n[nH]1. The van der Waals surface area contributed by atoms with E-state index in [-0.39, 0.29) is 5.41 Å². The summed E-state index contributed by atoms with van der Waals surface area (Å²) in [4.78, 5) is 6.89. The molecule has 0 bridgehead atoms. The summed E-state index contributed by atoms with van der Waals surface area (Å²) in [5.41, 5.74) is 1.68. The van der Waals surface area contributed by atoms with Crippen molar-refractivity contribution < 1.29 is 0 Å². The van der Waals surface area contributed by atoms with Gasteiger partial charge in [-0.2, -0.15) is 5.10 Å². The number of nitrogens with one attached hydrogen (secondary N) is 1. The molecule has 4 heteroatoms. The van der Waals surface area contributed by atoms with Gasteiger partial charge in [0.05, 0.1) is 6.54 Å². The lowest BCUT2D eigenvalue weighted by Gasteiger charge is -2.40. The summed E-state index contributed by atoms with van der Waals surface area (Å²) in [5, 5.41) is 7.18. The van der Waals surface area contributed by atoms with Gasteiger partial charge in [-0.25, -0.2) is 4.98 Å². The van der Waals surface area contributed by atoms with E-state index in [1.807, 2.05) is 6.92 Å². The first-order chi connectivity index (χ1) is 9.66. The topological polar surface area (TPSA) is 44.8 Å². The number of aromatic nitrogens is 3. The van der Waals surface area contributed by atoms with Crippen LogP contribution in [0.5, 0.6) is 0 Å². The Bertz CT molecular complexity index is 563. The molecule has 1 aliphatic heterocycles. The van der Waals surface area contributed by atoms with Gasteiger partial charge in [-0.05, 0) is 31.9 Å². The lowest BCUT2D eigenvalue weighted by Crippen LogP contribution is -2.44. The van der Waals surface area contributed by atoms with Crippen LogP contribution in [-0.2, 0) is 12.0 Å². The number of aromatic amines is 1. The van der Waals surface area contributed by atoms with E-state index in [9.17, 15) is 0 Å². The van der Waals surface area contributed by atoms with Gasteiger partial charge >= 0.3 is 0 Å². The predicted molar refractivity (Wildman–Crippen MR) is 79.4 cm³/mol. The van der Waals surface area contributed by atoms with Gasteiger partial charge in [0.15, 0.2) is 5.82 Å². The van der Waals surface area contributed by atoms with Crippen LogP contribution >= 0.6 is 0 Å². The van der Waals surface area contributed by atoms with E-state index in [0.29, 0.717) is 0 Å². The maximum Gasteiger partial charge on any atom is 0.164 e. The molecule has 1 atom stereocenters. The van der Waals surface area contributed by atoms with E-state index in [0.717, 1.165) is 31.3 Å². The second-order valence-electron chi connectivity index (χ2n) is 6.08. The van der Waals surface area contributed by atoms with Gasteiger partial charge in [-0.3, -0.25) is 10.00 Å². The highest BCUT2D eigenvalue weighted by Gasteiger charge is 2.32. The van der Waals surface area contributed by atoms with Crippen LogP contribution in [0, 0.1) is 6.92 Å². The third-order valence-electron chi connectivity index (χ3n) is 4.25. The number of hydrogen-bond donors (Lipinski definition) is 1. The third kappa shape index (κ3) is 2.75. The van der Waals surface area contributed by atoms with Gasteiger partial charge in [0, 0.05) is 12.0 Å². The van der Waals surface area contributed by atoms with Crippen LogP contribution in [0.4, 0.5) is 0 Å². The van der Waals surface area contributed by atoms with E-state index in [1.165, 1.54) is 18.4 Å². The Labute approximate surface area is 120 Å². The molecule has 3 rings (SSSR count). The summed E-state index contributed by atoms with van der Waals surface area (Å²) in [6, 6.07) is 10.9. The number of piperidine rings is 1. The van der Waals surface area contributed by atoms with Crippen LogP contribution in [0.15, 0.2) is 30.3 Å². The first-order valence-electron chi connectivity index (χ1n) is 7.31. The molecule has 0 amide bonds. The second-order valence-corrected chi connectivity index (χ2v) is 6.08. The summed E-state index contributed by atoms with van der Waals surface area (Å²) in [7, 11) is 0. The average molecular weight is 270 g/mol. The van der Waals surface area contributed by atoms with Gasteiger partial charge in [0.25, 0.3) is 0 Å². The van der Waals surface area contributed by atoms with Crippen LogP contribution < -0.4 is 0 Å². The molecular weight excluding hydrogens is 248 g/mol. The Morgan fingerprint density at radius 1 is 1.30 bits per heavy atom. The maximum absolute atomic E-state index is 4.42. The van der Waals surface area contributed by atoms with Crippen LogP contribution in [0.3, 0.4) is 0 Å². The van der Waals surface area contributed by atoms with Crippen molar-refractivity contribution in [1.29, 1.82) is 0 Å². The first-order valence-corrected chi connectivity index (χ1v) is 7.31. The molecule has 1 aromatic carbocycles. The fraction of sp³-hybridized carbons (Fsp3) is 0.500. The summed E-state index contributed by atoms with van der Waals surface area (Å²) in [6.07, 6.45) is 2.48. The molecule has 2 aromatic rings. The first kappa shape index (κ1) is 13.3. The highest BCUT2D eigenvalue weighted by molar-refractivity contribution is 5.25. The standard InChI is InChI=1S/C16H22N4/c1-13-17-15(19-18-13)11-20-10-6-9-16(2,12-20)14-7-4-3-5-8-14/h3-5,7-8H,6,9-12H2,1-2H3,(H,17,18,19)/t16-/m1/s1.